The zero-order valence-corrected chi connectivity index (χ0v) is 18.9. The maximum Gasteiger partial charge on any atom is 0.126 e. The van der Waals surface area contributed by atoms with Crippen molar-refractivity contribution in [1.82, 2.24) is 9.97 Å². The summed E-state index contributed by atoms with van der Waals surface area (Å²) in [5.74, 6) is 0. The lowest BCUT2D eigenvalue weighted by molar-refractivity contribution is 1.49. The number of aromatic nitrogens is 2. The van der Waals surface area contributed by atoms with E-state index in [1.165, 1.54) is 30.3 Å². The first-order valence-corrected chi connectivity index (χ1v) is 12.8. The Hall–Kier alpha value is -2.64. The topological polar surface area (TPSA) is 25.8 Å². The predicted octanol–water partition coefficient (Wildman–Crippen LogP) is 8.53. The van der Waals surface area contributed by atoms with Crippen LogP contribution in [0.25, 0.3) is 53.7 Å². The van der Waals surface area contributed by atoms with Crippen molar-refractivity contribution < 1.29 is 0 Å². The van der Waals surface area contributed by atoms with Crippen molar-refractivity contribution in [2.75, 3.05) is 0 Å². The van der Waals surface area contributed by atoms with Crippen LogP contribution in [0.2, 0.25) is 0 Å². The molecule has 30 heavy (non-hydrogen) atoms. The molecular formula is C24H14N2S4. The molecule has 4 aromatic heterocycles. The smallest absolute Gasteiger partial charge is 0.126 e. The summed E-state index contributed by atoms with van der Waals surface area (Å²) in [4.78, 5) is 12.1. The first-order valence-electron chi connectivity index (χ1n) is 9.40. The second-order valence-corrected chi connectivity index (χ2v) is 10.7. The van der Waals surface area contributed by atoms with E-state index in [0.717, 1.165) is 21.0 Å². The highest BCUT2D eigenvalue weighted by Crippen LogP contribution is 2.38. The molecule has 0 amide bonds. The number of thiazole rings is 2. The van der Waals surface area contributed by atoms with E-state index in [1.807, 2.05) is 12.1 Å². The zero-order chi connectivity index (χ0) is 19.9. The van der Waals surface area contributed by atoms with Crippen LogP contribution in [-0.2, 0) is 0 Å². The van der Waals surface area contributed by atoms with E-state index in [2.05, 4.69) is 71.4 Å². The summed E-state index contributed by atoms with van der Waals surface area (Å²) < 4.78 is 2.45. The van der Waals surface area contributed by atoms with Gasteiger partial charge in [0.15, 0.2) is 0 Å². The Morgan fingerprint density at radius 1 is 0.567 bits per heavy atom. The average Bonchev–Trinajstić information content (AvgIpc) is 3.56. The molecule has 0 unspecified atom stereocenters. The van der Waals surface area contributed by atoms with E-state index in [-0.39, 0.29) is 0 Å². The Kier molecular flexibility index (Phi) is 4.57. The minimum absolute atomic E-state index is 1.06. The third-order valence-corrected chi connectivity index (χ3v) is 8.73. The number of hydrogen-bond donors (Lipinski definition) is 0. The van der Waals surface area contributed by atoms with Crippen LogP contribution in [0.15, 0.2) is 71.4 Å². The van der Waals surface area contributed by atoms with Gasteiger partial charge in [0.1, 0.15) is 10.0 Å². The molecule has 6 rings (SSSR count). The summed E-state index contributed by atoms with van der Waals surface area (Å²) in [5, 5.41) is 6.44. The van der Waals surface area contributed by atoms with Gasteiger partial charge in [0.05, 0.1) is 20.4 Å². The van der Waals surface area contributed by atoms with Crippen molar-refractivity contribution in [1.29, 1.82) is 0 Å². The fraction of sp³-hybridized carbons (Fsp3) is 0. The highest BCUT2D eigenvalue weighted by atomic mass is 32.1. The van der Waals surface area contributed by atoms with Crippen LogP contribution in [0.1, 0.15) is 9.75 Å². The first kappa shape index (κ1) is 18.2. The van der Waals surface area contributed by atoms with Gasteiger partial charge < -0.3 is 0 Å². The molecule has 0 N–H and O–H groups in total. The maximum atomic E-state index is 4.84. The first-order chi connectivity index (χ1) is 14.8. The van der Waals surface area contributed by atoms with Crippen LogP contribution in [0, 0.1) is 0 Å². The normalized spacial score (nSPS) is 11.9. The van der Waals surface area contributed by atoms with Crippen molar-refractivity contribution in [3.8, 4) is 21.1 Å². The SMILES string of the molecule is C(=Cc1sccc1-c1nc2ccccc2s1)c1sccc1-c1nc2ccccc2s1. The third-order valence-electron chi connectivity index (χ3n) is 4.83. The van der Waals surface area contributed by atoms with E-state index in [0.29, 0.717) is 0 Å². The fourth-order valence-corrected chi connectivity index (χ4v) is 7.10. The van der Waals surface area contributed by atoms with Crippen molar-refractivity contribution >= 4 is 77.9 Å². The maximum absolute atomic E-state index is 4.84. The molecule has 2 nitrogen and oxygen atoms in total. The number of benzene rings is 2. The number of nitrogens with zero attached hydrogens (tertiary/aromatic N) is 2. The van der Waals surface area contributed by atoms with Gasteiger partial charge >= 0.3 is 0 Å². The number of rotatable bonds is 4. The molecule has 4 heterocycles. The molecule has 6 aromatic rings. The highest BCUT2D eigenvalue weighted by molar-refractivity contribution is 7.22. The Morgan fingerprint density at radius 2 is 1.03 bits per heavy atom. The van der Waals surface area contributed by atoms with E-state index in [1.54, 1.807) is 45.3 Å². The lowest BCUT2D eigenvalue weighted by Crippen LogP contribution is -1.76. The Bertz CT molecular complexity index is 1330. The summed E-state index contributed by atoms with van der Waals surface area (Å²) in [6.07, 6.45) is 4.43. The minimum atomic E-state index is 1.06. The van der Waals surface area contributed by atoms with Gasteiger partial charge in [-0.3, -0.25) is 0 Å². The van der Waals surface area contributed by atoms with E-state index in [4.69, 9.17) is 9.97 Å². The van der Waals surface area contributed by atoms with Crippen molar-refractivity contribution in [3.63, 3.8) is 0 Å². The number of thiophene rings is 2. The predicted molar refractivity (Wildman–Crippen MR) is 135 cm³/mol. The molecule has 2 aromatic carbocycles. The van der Waals surface area contributed by atoms with Gasteiger partial charge in [-0.2, -0.15) is 0 Å². The summed E-state index contributed by atoms with van der Waals surface area (Å²) in [6, 6.07) is 21.0. The molecule has 0 atom stereocenters. The van der Waals surface area contributed by atoms with Gasteiger partial charge in [-0.05, 0) is 59.3 Å². The lowest BCUT2D eigenvalue weighted by atomic mass is 10.2. The molecule has 0 aliphatic carbocycles. The molecule has 0 aliphatic heterocycles. The molecule has 0 radical (unpaired) electrons. The molecular weight excluding hydrogens is 445 g/mol. The zero-order valence-electron chi connectivity index (χ0n) is 15.6. The third kappa shape index (κ3) is 3.22. The average molecular weight is 459 g/mol. The summed E-state index contributed by atoms with van der Waals surface area (Å²) >= 11 is 7.01. The second kappa shape index (κ2) is 7.56. The van der Waals surface area contributed by atoms with E-state index >= 15 is 0 Å². The van der Waals surface area contributed by atoms with Gasteiger partial charge in [0.25, 0.3) is 0 Å². The molecule has 0 bridgehead atoms. The standard InChI is InChI=1S/C24H14N2S4/c1-3-7-21-17(5-1)25-23(29-21)15-11-13-27-19(15)9-10-20-16(12-14-28-20)24-26-18-6-2-4-8-22(18)30-24/h1-14H. The fourth-order valence-electron chi connectivity index (χ4n) is 3.38. The molecule has 0 fully saturated rings. The van der Waals surface area contributed by atoms with Crippen molar-refractivity contribution in [3.05, 3.63) is 81.2 Å². The van der Waals surface area contributed by atoms with Gasteiger partial charge in [0, 0.05) is 20.9 Å². The number of fused-ring (bicyclic) bond motifs is 2. The van der Waals surface area contributed by atoms with E-state index in [9.17, 15) is 0 Å². The van der Waals surface area contributed by atoms with Crippen LogP contribution in [0.3, 0.4) is 0 Å². The van der Waals surface area contributed by atoms with Crippen LogP contribution < -0.4 is 0 Å². The van der Waals surface area contributed by atoms with Gasteiger partial charge in [-0.15, -0.1) is 45.3 Å². The van der Waals surface area contributed by atoms with Crippen molar-refractivity contribution in [2.45, 2.75) is 0 Å². The Morgan fingerprint density at radius 3 is 1.50 bits per heavy atom. The van der Waals surface area contributed by atoms with Crippen LogP contribution in [-0.4, -0.2) is 9.97 Å². The summed E-state index contributed by atoms with van der Waals surface area (Å²) in [7, 11) is 0. The summed E-state index contributed by atoms with van der Waals surface area (Å²) in [6.45, 7) is 0. The quantitative estimate of drug-likeness (QED) is 0.264. The lowest BCUT2D eigenvalue weighted by Gasteiger charge is -1.96. The number of para-hydroxylation sites is 2. The molecule has 144 valence electrons. The Labute approximate surface area is 189 Å². The van der Waals surface area contributed by atoms with Gasteiger partial charge in [0.2, 0.25) is 0 Å². The van der Waals surface area contributed by atoms with Crippen molar-refractivity contribution in [2.24, 2.45) is 0 Å². The molecule has 0 aliphatic rings. The monoisotopic (exact) mass is 458 g/mol. The molecule has 0 saturated carbocycles. The molecule has 0 saturated heterocycles. The van der Waals surface area contributed by atoms with Crippen LogP contribution in [0.4, 0.5) is 0 Å². The van der Waals surface area contributed by atoms with E-state index < -0.39 is 0 Å². The number of hydrogen-bond acceptors (Lipinski definition) is 6. The molecule has 6 heteroatoms. The Balaban J connectivity index is 1.36. The highest BCUT2D eigenvalue weighted by Gasteiger charge is 2.12. The van der Waals surface area contributed by atoms with Crippen LogP contribution in [0.5, 0.6) is 0 Å². The minimum Gasteiger partial charge on any atom is -0.236 e. The summed E-state index contributed by atoms with van der Waals surface area (Å²) in [5.41, 5.74) is 4.54. The van der Waals surface area contributed by atoms with Gasteiger partial charge in [-0.25, -0.2) is 9.97 Å². The molecule has 0 spiro atoms. The largest absolute Gasteiger partial charge is 0.236 e. The van der Waals surface area contributed by atoms with Gasteiger partial charge in [-0.1, -0.05) is 24.3 Å². The second-order valence-electron chi connectivity index (χ2n) is 6.70. The van der Waals surface area contributed by atoms with Crippen LogP contribution >= 0.6 is 45.3 Å².